The molecule has 2 saturated heterocycles. The highest BCUT2D eigenvalue weighted by molar-refractivity contribution is 4.78. The number of hydrogen-bond donors (Lipinski definition) is 1. The fraction of sp³-hybridized carbons (Fsp3) is 1.00. The Morgan fingerprint density at radius 3 is 2.62 bits per heavy atom. The lowest BCUT2D eigenvalue weighted by Crippen LogP contribution is -2.39. The minimum Gasteiger partial charge on any atom is -0.317 e. The molecule has 0 aliphatic carbocycles. The van der Waals surface area contributed by atoms with Gasteiger partial charge in [-0.3, -0.25) is 0 Å². The van der Waals surface area contributed by atoms with Crippen LogP contribution in [0.25, 0.3) is 0 Å². The standard InChI is InChI=1S/C11H22N2.H2/c1-2-9-13(10-3-1)11-5-4-7-12-8-6-11;/h11-12H,1-10H2;1H. The molecule has 13 heavy (non-hydrogen) atoms. The van der Waals surface area contributed by atoms with E-state index in [2.05, 4.69) is 10.2 Å². The van der Waals surface area contributed by atoms with Crippen LogP contribution in [0.4, 0.5) is 0 Å². The van der Waals surface area contributed by atoms with Crippen molar-refractivity contribution in [3.63, 3.8) is 0 Å². The van der Waals surface area contributed by atoms with Crippen molar-refractivity contribution in [2.24, 2.45) is 0 Å². The zero-order chi connectivity index (χ0) is 8.93. The lowest BCUT2D eigenvalue weighted by molar-refractivity contribution is 0.151. The molecule has 0 spiro atoms. The fourth-order valence-electron chi connectivity index (χ4n) is 2.65. The minimum absolute atomic E-state index is 0. The third kappa shape index (κ3) is 2.68. The summed E-state index contributed by atoms with van der Waals surface area (Å²) in [6.45, 7) is 5.21. The molecule has 2 aliphatic heterocycles. The largest absolute Gasteiger partial charge is 0.317 e. The molecular weight excluding hydrogens is 160 g/mol. The predicted molar refractivity (Wildman–Crippen MR) is 58.0 cm³/mol. The van der Waals surface area contributed by atoms with Crippen LogP contribution < -0.4 is 5.32 Å². The van der Waals surface area contributed by atoms with Gasteiger partial charge in [-0.1, -0.05) is 6.42 Å². The van der Waals surface area contributed by atoms with E-state index in [0.717, 1.165) is 6.04 Å². The maximum Gasteiger partial charge on any atom is 0.0108 e. The van der Waals surface area contributed by atoms with Crippen LogP contribution in [0.3, 0.4) is 0 Å². The number of nitrogens with zero attached hydrogens (tertiary/aromatic N) is 1. The molecule has 0 aromatic rings. The van der Waals surface area contributed by atoms with Gasteiger partial charge in [-0.05, 0) is 58.3 Å². The number of rotatable bonds is 1. The van der Waals surface area contributed by atoms with Gasteiger partial charge in [0.1, 0.15) is 0 Å². The Balaban J connectivity index is 0.000000980. The monoisotopic (exact) mass is 184 g/mol. The third-order valence-corrected chi connectivity index (χ3v) is 3.45. The van der Waals surface area contributed by atoms with Crippen molar-refractivity contribution >= 4 is 0 Å². The molecule has 0 aromatic heterocycles. The van der Waals surface area contributed by atoms with Gasteiger partial charge < -0.3 is 10.2 Å². The molecule has 78 valence electrons. The maximum absolute atomic E-state index is 3.49. The second kappa shape index (κ2) is 4.97. The van der Waals surface area contributed by atoms with Gasteiger partial charge in [-0.15, -0.1) is 0 Å². The molecule has 0 amide bonds. The van der Waals surface area contributed by atoms with Gasteiger partial charge in [-0.25, -0.2) is 0 Å². The Morgan fingerprint density at radius 1 is 0.923 bits per heavy atom. The van der Waals surface area contributed by atoms with Crippen molar-refractivity contribution in [1.82, 2.24) is 10.2 Å². The van der Waals surface area contributed by atoms with Crippen molar-refractivity contribution in [3.05, 3.63) is 0 Å². The summed E-state index contributed by atoms with van der Waals surface area (Å²) in [4.78, 5) is 2.73. The van der Waals surface area contributed by atoms with E-state index in [1.165, 1.54) is 64.7 Å². The number of piperidine rings is 1. The molecule has 0 aromatic carbocycles. The summed E-state index contributed by atoms with van der Waals surface area (Å²) in [5.41, 5.74) is 0. The summed E-state index contributed by atoms with van der Waals surface area (Å²) in [7, 11) is 0. The topological polar surface area (TPSA) is 15.3 Å². The Labute approximate surface area is 83.2 Å². The first-order valence-corrected chi connectivity index (χ1v) is 5.91. The first kappa shape index (κ1) is 9.47. The molecule has 1 atom stereocenters. The van der Waals surface area contributed by atoms with Crippen molar-refractivity contribution < 1.29 is 1.43 Å². The van der Waals surface area contributed by atoms with Gasteiger partial charge >= 0.3 is 0 Å². The van der Waals surface area contributed by atoms with Crippen LogP contribution in [0, 0.1) is 0 Å². The van der Waals surface area contributed by atoms with E-state index in [9.17, 15) is 0 Å². The summed E-state index contributed by atoms with van der Waals surface area (Å²) in [6.07, 6.45) is 8.50. The molecule has 1 unspecified atom stereocenters. The van der Waals surface area contributed by atoms with E-state index in [4.69, 9.17) is 0 Å². The molecule has 0 radical (unpaired) electrons. The van der Waals surface area contributed by atoms with Gasteiger partial charge in [0.2, 0.25) is 0 Å². The highest BCUT2D eigenvalue weighted by Gasteiger charge is 2.20. The highest BCUT2D eigenvalue weighted by Crippen LogP contribution is 2.18. The SMILES string of the molecule is C1CCN(C2CCCNCC2)CC1.[HH]. The van der Waals surface area contributed by atoms with Crippen molar-refractivity contribution in [1.29, 1.82) is 0 Å². The Bertz CT molecular complexity index is 138. The lowest BCUT2D eigenvalue weighted by Gasteiger charge is -2.33. The summed E-state index contributed by atoms with van der Waals surface area (Å²) in [5, 5.41) is 3.49. The van der Waals surface area contributed by atoms with E-state index in [1.807, 2.05) is 0 Å². The minimum atomic E-state index is 0. The predicted octanol–water partition coefficient (Wildman–Crippen LogP) is 1.86. The Morgan fingerprint density at radius 2 is 1.77 bits per heavy atom. The average Bonchev–Trinajstić information content (AvgIpc) is 2.47. The summed E-state index contributed by atoms with van der Waals surface area (Å²) >= 11 is 0. The summed E-state index contributed by atoms with van der Waals surface area (Å²) in [6, 6.07) is 0.898. The molecule has 2 heterocycles. The average molecular weight is 184 g/mol. The van der Waals surface area contributed by atoms with Gasteiger partial charge in [-0.2, -0.15) is 0 Å². The second-order valence-corrected chi connectivity index (χ2v) is 4.43. The van der Waals surface area contributed by atoms with Gasteiger partial charge in [0.25, 0.3) is 0 Å². The molecule has 0 bridgehead atoms. The normalized spacial score (nSPS) is 32.8. The van der Waals surface area contributed by atoms with E-state index in [-0.39, 0.29) is 1.43 Å². The summed E-state index contributed by atoms with van der Waals surface area (Å²) in [5.74, 6) is 0. The van der Waals surface area contributed by atoms with Gasteiger partial charge in [0, 0.05) is 7.47 Å². The van der Waals surface area contributed by atoms with E-state index in [0.29, 0.717) is 0 Å². The van der Waals surface area contributed by atoms with Crippen LogP contribution in [-0.4, -0.2) is 37.1 Å². The molecular formula is C11H24N2. The Kier molecular flexibility index (Phi) is 3.62. The van der Waals surface area contributed by atoms with E-state index >= 15 is 0 Å². The Hall–Kier alpha value is -0.0800. The van der Waals surface area contributed by atoms with Crippen LogP contribution >= 0.6 is 0 Å². The van der Waals surface area contributed by atoms with Crippen LogP contribution in [0.15, 0.2) is 0 Å². The fourth-order valence-corrected chi connectivity index (χ4v) is 2.65. The second-order valence-electron chi connectivity index (χ2n) is 4.43. The van der Waals surface area contributed by atoms with Crippen LogP contribution in [0.5, 0.6) is 0 Å². The molecule has 1 N–H and O–H groups in total. The first-order chi connectivity index (χ1) is 6.47. The molecule has 2 aliphatic rings. The molecule has 2 heteroatoms. The maximum atomic E-state index is 3.49. The number of likely N-dealkylation sites (tertiary alicyclic amines) is 1. The van der Waals surface area contributed by atoms with Crippen LogP contribution in [0.2, 0.25) is 0 Å². The van der Waals surface area contributed by atoms with E-state index in [1.54, 1.807) is 0 Å². The summed E-state index contributed by atoms with van der Waals surface area (Å²) < 4.78 is 0. The van der Waals surface area contributed by atoms with Crippen LogP contribution in [0.1, 0.15) is 40.0 Å². The smallest absolute Gasteiger partial charge is 0.0108 e. The van der Waals surface area contributed by atoms with E-state index < -0.39 is 0 Å². The van der Waals surface area contributed by atoms with Gasteiger partial charge in [0.05, 0.1) is 0 Å². The number of hydrogen-bond acceptors (Lipinski definition) is 2. The highest BCUT2D eigenvalue weighted by atomic mass is 15.2. The molecule has 0 saturated carbocycles. The lowest BCUT2D eigenvalue weighted by atomic mass is 10.0. The van der Waals surface area contributed by atoms with Crippen molar-refractivity contribution in [2.75, 3.05) is 26.2 Å². The van der Waals surface area contributed by atoms with Crippen LogP contribution in [-0.2, 0) is 0 Å². The zero-order valence-corrected chi connectivity index (χ0v) is 8.60. The quantitative estimate of drug-likeness (QED) is 0.669. The first-order valence-electron chi connectivity index (χ1n) is 5.91. The molecule has 2 fully saturated rings. The molecule has 2 rings (SSSR count). The third-order valence-electron chi connectivity index (χ3n) is 3.45. The number of nitrogens with one attached hydrogen (secondary N) is 1. The molecule has 2 nitrogen and oxygen atoms in total. The zero-order valence-electron chi connectivity index (χ0n) is 8.60. The van der Waals surface area contributed by atoms with Crippen molar-refractivity contribution in [3.8, 4) is 0 Å². The van der Waals surface area contributed by atoms with Crippen molar-refractivity contribution in [2.45, 2.75) is 44.6 Å². The van der Waals surface area contributed by atoms with Gasteiger partial charge in [0.15, 0.2) is 0 Å².